The Morgan fingerprint density at radius 2 is 1.69 bits per heavy atom. The molecule has 0 heteroatoms. The van der Waals surface area contributed by atoms with Gasteiger partial charge in [0.05, 0.1) is 0 Å². The van der Waals surface area contributed by atoms with Gasteiger partial charge in [0.15, 0.2) is 0 Å². The van der Waals surface area contributed by atoms with Crippen molar-refractivity contribution in [3.8, 4) is 0 Å². The van der Waals surface area contributed by atoms with Crippen LogP contribution in [0.1, 0.15) is 95.8 Å². The van der Waals surface area contributed by atoms with E-state index >= 15 is 0 Å². The van der Waals surface area contributed by atoms with Gasteiger partial charge < -0.3 is 0 Å². The highest BCUT2D eigenvalue weighted by molar-refractivity contribution is 5.81. The fraction of sp³-hybridized carbons (Fsp3) is 0.375. The lowest BCUT2D eigenvalue weighted by Crippen LogP contribution is -1.97. The third-order valence-corrected chi connectivity index (χ3v) is 6.37. The molecule has 3 rings (SSSR count). The molecule has 32 heavy (non-hydrogen) atoms. The van der Waals surface area contributed by atoms with Gasteiger partial charge in [-0.3, -0.25) is 0 Å². The highest BCUT2D eigenvalue weighted by atomic mass is 14.3. The van der Waals surface area contributed by atoms with Crippen molar-refractivity contribution in [2.75, 3.05) is 0 Å². The lowest BCUT2D eigenvalue weighted by molar-refractivity contribution is 0.685. The van der Waals surface area contributed by atoms with Crippen molar-refractivity contribution in [2.24, 2.45) is 0 Å². The molecule has 0 N–H and O–H groups in total. The summed E-state index contributed by atoms with van der Waals surface area (Å²) in [5.41, 5.74) is 12.7. The van der Waals surface area contributed by atoms with E-state index in [2.05, 4.69) is 83.0 Å². The second kappa shape index (κ2) is 12.4. The minimum absolute atomic E-state index is 0.613. The SMILES string of the molecule is C=C(C)\C=C/C(C)=C\C=C(/C)CCC(=C)c1ccc2c(c1)C1=C(CCCC1)C2C.C=CC. The van der Waals surface area contributed by atoms with Crippen LogP contribution >= 0.6 is 0 Å². The molecule has 2 aliphatic carbocycles. The minimum Gasteiger partial charge on any atom is -0.103 e. The van der Waals surface area contributed by atoms with Crippen LogP contribution in [0.2, 0.25) is 0 Å². The summed E-state index contributed by atoms with van der Waals surface area (Å²) in [4.78, 5) is 0. The Balaban J connectivity index is 0.00000114. The summed E-state index contributed by atoms with van der Waals surface area (Å²) < 4.78 is 0. The second-order valence-corrected chi connectivity index (χ2v) is 9.35. The number of fused-ring (bicyclic) bond motifs is 2. The molecule has 1 unspecified atom stereocenters. The van der Waals surface area contributed by atoms with Crippen molar-refractivity contribution < 1.29 is 0 Å². The summed E-state index contributed by atoms with van der Waals surface area (Å²) in [6.45, 7) is 22.3. The molecular formula is C32H42. The van der Waals surface area contributed by atoms with Crippen LogP contribution in [-0.2, 0) is 0 Å². The van der Waals surface area contributed by atoms with Crippen LogP contribution < -0.4 is 0 Å². The summed E-state index contributed by atoms with van der Waals surface area (Å²) in [5.74, 6) is 0.613. The molecule has 0 heterocycles. The highest BCUT2D eigenvalue weighted by Gasteiger charge is 2.29. The van der Waals surface area contributed by atoms with Gasteiger partial charge in [-0.2, -0.15) is 0 Å². The van der Waals surface area contributed by atoms with Gasteiger partial charge in [-0.1, -0.05) is 84.9 Å². The van der Waals surface area contributed by atoms with Gasteiger partial charge in [0.2, 0.25) is 0 Å². The van der Waals surface area contributed by atoms with Gasteiger partial charge >= 0.3 is 0 Å². The average Bonchev–Trinajstić information content (AvgIpc) is 3.07. The molecule has 0 saturated heterocycles. The van der Waals surface area contributed by atoms with Crippen molar-refractivity contribution in [1.29, 1.82) is 0 Å². The van der Waals surface area contributed by atoms with E-state index in [-0.39, 0.29) is 0 Å². The van der Waals surface area contributed by atoms with Crippen LogP contribution in [0.3, 0.4) is 0 Å². The van der Waals surface area contributed by atoms with E-state index in [1.165, 1.54) is 59.1 Å². The molecule has 0 radical (unpaired) electrons. The largest absolute Gasteiger partial charge is 0.103 e. The predicted octanol–water partition coefficient (Wildman–Crippen LogP) is 10.1. The molecule has 0 spiro atoms. The maximum absolute atomic E-state index is 4.41. The minimum atomic E-state index is 0.613. The summed E-state index contributed by atoms with van der Waals surface area (Å²) >= 11 is 0. The van der Waals surface area contributed by atoms with E-state index in [1.54, 1.807) is 17.2 Å². The first-order valence-electron chi connectivity index (χ1n) is 12.1. The summed E-state index contributed by atoms with van der Waals surface area (Å²) in [5, 5.41) is 0. The van der Waals surface area contributed by atoms with Crippen molar-refractivity contribution in [2.45, 2.75) is 79.1 Å². The zero-order chi connectivity index (χ0) is 23.7. The van der Waals surface area contributed by atoms with Crippen LogP contribution in [0, 0.1) is 0 Å². The van der Waals surface area contributed by atoms with E-state index in [1.807, 2.05) is 13.8 Å². The Morgan fingerprint density at radius 1 is 1.00 bits per heavy atom. The number of hydrogen-bond donors (Lipinski definition) is 0. The Bertz CT molecular complexity index is 971. The van der Waals surface area contributed by atoms with Gasteiger partial charge in [-0.25, -0.2) is 0 Å². The molecule has 0 fully saturated rings. The number of allylic oxidation sites excluding steroid dienone is 11. The lowest BCUT2D eigenvalue weighted by atomic mass is 9.89. The van der Waals surface area contributed by atoms with Crippen LogP contribution in [0.25, 0.3) is 11.1 Å². The van der Waals surface area contributed by atoms with Crippen molar-refractivity contribution in [3.63, 3.8) is 0 Å². The van der Waals surface area contributed by atoms with Gasteiger partial charge in [0, 0.05) is 5.92 Å². The Kier molecular flexibility index (Phi) is 9.97. The number of rotatable bonds is 7. The molecule has 1 atom stereocenters. The number of benzene rings is 1. The highest BCUT2D eigenvalue weighted by Crippen LogP contribution is 2.48. The molecule has 0 nitrogen and oxygen atoms in total. The normalized spacial score (nSPS) is 18.1. The van der Waals surface area contributed by atoms with Crippen molar-refractivity contribution in [1.82, 2.24) is 0 Å². The van der Waals surface area contributed by atoms with E-state index < -0.39 is 0 Å². The molecule has 1 aromatic rings. The zero-order valence-electron chi connectivity index (χ0n) is 21.1. The predicted molar refractivity (Wildman–Crippen MR) is 146 cm³/mol. The van der Waals surface area contributed by atoms with Crippen LogP contribution in [0.4, 0.5) is 0 Å². The summed E-state index contributed by atoms with van der Waals surface area (Å²) in [6, 6.07) is 7.08. The maximum atomic E-state index is 4.41. The molecular weight excluding hydrogens is 384 g/mol. The molecule has 0 amide bonds. The third kappa shape index (κ3) is 6.95. The van der Waals surface area contributed by atoms with Crippen molar-refractivity contribution >= 4 is 11.1 Å². The Hall–Kier alpha value is -2.60. The lowest BCUT2D eigenvalue weighted by Gasteiger charge is -2.16. The van der Waals surface area contributed by atoms with Gasteiger partial charge in [-0.15, -0.1) is 6.58 Å². The molecule has 1 aromatic carbocycles. The first-order valence-corrected chi connectivity index (χ1v) is 12.1. The zero-order valence-corrected chi connectivity index (χ0v) is 21.1. The smallest absolute Gasteiger partial charge is 0.00319 e. The fourth-order valence-electron chi connectivity index (χ4n) is 4.50. The molecule has 0 saturated carbocycles. The molecule has 0 aromatic heterocycles. The third-order valence-electron chi connectivity index (χ3n) is 6.37. The Labute approximate surface area is 197 Å². The Morgan fingerprint density at radius 3 is 2.38 bits per heavy atom. The second-order valence-electron chi connectivity index (χ2n) is 9.35. The number of hydrogen-bond acceptors (Lipinski definition) is 0. The fourth-order valence-corrected chi connectivity index (χ4v) is 4.50. The van der Waals surface area contributed by atoms with Gasteiger partial charge in [0.25, 0.3) is 0 Å². The first-order chi connectivity index (χ1) is 15.3. The quantitative estimate of drug-likeness (QED) is 0.300. The van der Waals surface area contributed by atoms with E-state index in [9.17, 15) is 0 Å². The van der Waals surface area contributed by atoms with Crippen molar-refractivity contribution in [3.05, 3.63) is 107 Å². The average molecular weight is 427 g/mol. The molecule has 170 valence electrons. The summed E-state index contributed by atoms with van der Waals surface area (Å²) in [6.07, 6.45) is 17.7. The van der Waals surface area contributed by atoms with Crippen LogP contribution in [0.5, 0.6) is 0 Å². The van der Waals surface area contributed by atoms with Crippen LogP contribution in [-0.4, -0.2) is 0 Å². The molecule has 0 aliphatic heterocycles. The summed E-state index contributed by atoms with van der Waals surface area (Å²) in [7, 11) is 0. The molecule has 2 aliphatic rings. The standard InChI is InChI=1S/C29H36.C3H6/c1-20(2)11-12-21(3)13-14-22(4)15-16-23(5)25-17-18-27-24(6)26-9-7-8-10-28(26)29(27)19-25;1-3-2/h11-14,17-19,24H,1,5,7-10,15-16H2,2-4,6H3;3H,1H2,2H3/b12-11-,21-13-,22-14+;. The van der Waals surface area contributed by atoms with E-state index in [4.69, 9.17) is 0 Å². The van der Waals surface area contributed by atoms with Crippen LogP contribution in [0.15, 0.2) is 90.6 Å². The molecule has 0 bridgehead atoms. The van der Waals surface area contributed by atoms with Gasteiger partial charge in [-0.05, 0) is 100 Å². The first kappa shape index (κ1) is 25.7. The maximum Gasteiger partial charge on any atom is 0.00319 e. The monoisotopic (exact) mass is 426 g/mol. The van der Waals surface area contributed by atoms with E-state index in [0.717, 1.165) is 18.4 Å². The topological polar surface area (TPSA) is 0 Å². The van der Waals surface area contributed by atoms with E-state index in [0.29, 0.717) is 5.92 Å². The van der Waals surface area contributed by atoms with Gasteiger partial charge in [0.1, 0.15) is 0 Å².